The summed E-state index contributed by atoms with van der Waals surface area (Å²) in [4.78, 5) is 28.3. The molecule has 0 saturated heterocycles. The van der Waals surface area contributed by atoms with Crippen LogP contribution in [0.15, 0.2) is 57.7 Å². The standard InChI is InChI=1S/C24H25NO4/c1-3-5-8-15-25-21(16-11-13-17(14-12-16)28-4-2)20-22(26)18-9-6-7-10-19(18)29-23(20)24(25)27/h6-7,9-14,21H,3-5,8,15H2,1-2H3. The molecule has 1 atom stereocenters. The van der Waals surface area contributed by atoms with Crippen molar-refractivity contribution in [1.29, 1.82) is 0 Å². The zero-order chi connectivity index (χ0) is 20.4. The number of carbonyl (C=O) groups is 1. The number of nitrogens with zero attached hydrogens (tertiary/aromatic N) is 1. The van der Waals surface area contributed by atoms with E-state index in [1.54, 1.807) is 23.1 Å². The lowest BCUT2D eigenvalue weighted by Gasteiger charge is -2.25. The van der Waals surface area contributed by atoms with Crippen molar-refractivity contribution in [2.24, 2.45) is 0 Å². The monoisotopic (exact) mass is 391 g/mol. The van der Waals surface area contributed by atoms with E-state index in [0.29, 0.717) is 29.7 Å². The van der Waals surface area contributed by atoms with E-state index in [4.69, 9.17) is 9.15 Å². The number of ether oxygens (including phenoxy) is 1. The summed E-state index contributed by atoms with van der Waals surface area (Å²) < 4.78 is 11.5. The number of benzene rings is 2. The van der Waals surface area contributed by atoms with Gasteiger partial charge >= 0.3 is 0 Å². The Bertz CT molecular complexity index is 1080. The second kappa shape index (κ2) is 8.11. The number of fused-ring (bicyclic) bond motifs is 2. The van der Waals surface area contributed by atoms with Crippen LogP contribution in [0.2, 0.25) is 0 Å². The van der Waals surface area contributed by atoms with Crippen LogP contribution >= 0.6 is 0 Å². The molecule has 0 bridgehead atoms. The molecule has 0 spiro atoms. The fourth-order valence-electron chi connectivity index (χ4n) is 3.99. The molecule has 1 aliphatic heterocycles. The molecule has 5 heteroatoms. The quantitative estimate of drug-likeness (QED) is 0.536. The molecule has 29 heavy (non-hydrogen) atoms. The minimum atomic E-state index is -0.439. The third kappa shape index (κ3) is 3.41. The van der Waals surface area contributed by atoms with Crippen molar-refractivity contribution in [2.75, 3.05) is 13.2 Å². The molecule has 0 N–H and O–H groups in total. The van der Waals surface area contributed by atoms with E-state index in [-0.39, 0.29) is 17.1 Å². The highest BCUT2D eigenvalue weighted by Gasteiger charge is 2.42. The molecule has 1 amide bonds. The second-order valence-electron chi connectivity index (χ2n) is 7.28. The molecule has 3 aromatic rings. The molecule has 0 radical (unpaired) electrons. The highest BCUT2D eigenvalue weighted by atomic mass is 16.5. The fraction of sp³-hybridized carbons (Fsp3) is 0.333. The third-order valence-electron chi connectivity index (χ3n) is 5.38. The number of para-hydroxylation sites is 1. The van der Waals surface area contributed by atoms with Gasteiger partial charge < -0.3 is 14.1 Å². The van der Waals surface area contributed by atoms with Crippen LogP contribution in [0.4, 0.5) is 0 Å². The van der Waals surface area contributed by atoms with Crippen LogP contribution in [0.1, 0.15) is 60.8 Å². The Balaban J connectivity index is 1.84. The Hall–Kier alpha value is -3.08. The van der Waals surface area contributed by atoms with Gasteiger partial charge in [0.2, 0.25) is 5.76 Å². The number of hydrogen-bond donors (Lipinski definition) is 0. The van der Waals surface area contributed by atoms with E-state index in [2.05, 4.69) is 6.92 Å². The minimum absolute atomic E-state index is 0.132. The van der Waals surface area contributed by atoms with Gasteiger partial charge in [0, 0.05) is 6.54 Å². The van der Waals surface area contributed by atoms with Crippen molar-refractivity contribution in [2.45, 2.75) is 39.2 Å². The van der Waals surface area contributed by atoms with Gasteiger partial charge in [0.1, 0.15) is 11.3 Å². The topological polar surface area (TPSA) is 59.8 Å². The van der Waals surface area contributed by atoms with Gasteiger partial charge in [0.25, 0.3) is 5.91 Å². The molecule has 0 saturated carbocycles. The van der Waals surface area contributed by atoms with E-state index in [1.165, 1.54) is 0 Å². The first-order chi connectivity index (χ1) is 14.2. The van der Waals surface area contributed by atoms with Crippen LogP contribution in [0.5, 0.6) is 5.75 Å². The van der Waals surface area contributed by atoms with Gasteiger partial charge in [-0.25, -0.2) is 0 Å². The number of hydrogen-bond acceptors (Lipinski definition) is 4. The van der Waals surface area contributed by atoms with Gasteiger partial charge in [-0.3, -0.25) is 9.59 Å². The SMILES string of the molecule is CCCCCN1C(=O)c2oc3ccccc3c(=O)c2C1c1ccc(OCC)cc1. The summed E-state index contributed by atoms with van der Waals surface area (Å²) in [5.41, 5.74) is 1.64. The minimum Gasteiger partial charge on any atom is -0.494 e. The van der Waals surface area contributed by atoms with E-state index in [0.717, 1.165) is 30.6 Å². The number of carbonyl (C=O) groups excluding carboxylic acids is 1. The first-order valence-corrected chi connectivity index (χ1v) is 10.2. The van der Waals surface area contributed by atoms with Crippen LogP contribution in [0.25, 0.3) is 11.0 Å². The highest BCUT2D eigenvalue weighted by Crippen LogP contribution is 2.38. The first kappa shape index (κ1) is 19.2. The lowest BCUT2D eigenvalue weighted by atomic mass is 9.98. The van der Waals surface area contributed by atoms with Gasteiger partial charge in [-0.2, -0.15) is 0 Å². The summed E-state index contributed by atoms with van der Waals surface area (Å²) >= 11 is 0. The Morgan fingerprint density at radius 3 is 2.48 bits per heavy atom. The van der Waals surface area contributed by atoms with E-state index >= 15 is 0 Å². The van der Waals surface area contributed by atoms with Crippen LogP contribution < -0.4 is 10.2 Å². The Morgan fingerprint density at radius 1 is 1.00 bits per heavy atom. The lowest BCUT2D eigenvalue weighted by Crippen LogP contribution is -2.30. The van der Waals surface area contributed by atoms with E-state index in [9.17, 15) is 9.59 Å². The van der Waals surface area contributed by atoms with Gasteiger partial charge in [0.15, 0.2) is 5.43 Å². The predicted octanol–water partition coefficient (Wildman–Crippen LogP) is 4.93. The average Bonchev–Trinajstić information content (AvgIpc) is 3.02. The Morgan fingerprint density at radius 2 is 1.76 bits per heavy atom. The number of rotatable bonds is 7. The average molecular weight is 391 g/mol. The molecule has 1 aliphatic rings. The van der Waals surface area contributed by atoms with Crippen molar-refractivity contribution in [3.05, 3.63) is 75.6 Å². The molecule has 0 aliphatic carbocycles. The lowest BCUT2D eigenvalue weighted by molar-refractivity contribution is 0.0724. The summed E-state index contributed by atoms with van der Waals surface area (Å²) in [6, 6.07) is 14.3. The third-order valence-corrected chi connectivity index (χ3v) is 5.38. The van der Waals surface area contributed by atoms with Gasteiger partial charge in [-0.05, 0) is 43.2 Å². The van der Waals surface area contributed by atoms with Gasteiger partial charge in [0.05, 0.1) is 23.6 Å². The van der Waals surface area contributed by atoms with E-state index < -0.39 is 6.04 Å². The van der Waals surface area contributed by atoms with Crippen molar-refractivity contribution in [1.82, 2.24) is 4.90 Å². The zero-order valence-electron chi connectivity index (χ0n) is 16.8. The maximum atomic E-state index is 13.3. The Labute approximate surface area is 169 Å². The second-order valence-corrected chi connectivity index (χ2v) is 7.28. The number of unbranched alkanes of at least 4 members (excludes halogenated alkanes) is 2. The van der Waals surface area contributed by atoms with Crippen molar-refractivity contribution < 1.29 is 13.9 Å². The molecule has 0 fully saturated rings. The van der Waals surface area contributed by atoms with Gasteiger partial charge in [-0.15, -0.1) is 0 Å². The number of amides is 1. The summed E-state index contributed by atoms with van der Waals surface area (Å²) in [7, 11) is 0. The Kier molecular flexibility index (Phi) is 5.38. The van der Waals surface area contributed by atoms with Crippen LogP contribution in [-0.2, 0) is 0 Å². The predicted molar refractivity (Wildman–Crippen MR) is 112 cm³/mol. The van der Waals surface area contributed by atoms with Crippen LogP contribution in [-0.4, -0.2) is 24.0 Å². The van der Waals surface area contributed by atoms with Crippen molar-refractivity contribution in [3.63, 3.8) is 0 Å². The van der Waals surface area contributed by atoms with Crippen LogP contribution in [0, 0.1) is 0 Å². The maximum absolute atomic E-state index is 13.3. The normalized spacial score (nSPS) is 15.7. The largest absolute Gasteiger partial charge is 0.494 e. The summed E-state index contributed by atoms with van der Waals surface area (Å²) in [6.07, 6.45) is 2.97. The fourth-order valence-corrected chi connectivity index (χ4v) is 3.99. The maximum Gasteiger partial charge on any atom is 0.290 e. The molecule has 1 unspecified atom stereocenters. The molecule has 5 nitrogen and oxygen atoms in total. The molecule has 1 aromatic heterocycles. The van der Waals surface area contributed by atoms with Crippen molar-refractivity contribution >= 4 is 16.9 Å². The molecular formula is C24H25NO4. The van der Waals surface area contributed by atoms with Crippen molar-refractivity contribution in [3.8, 4) is 5.75 Å². The highest BCUT2D eigenvalue weighted by molar-refractivity contribution is 5.99. The molecule has 2 heterocycles. The molecule has 2 aromatic carbocycles. The first-order valence-electron chi connectivity index (χ1n) is 10.2. The van der Waals surface area contributed by atoms with Gasteiger partial charge in [-0.1, -0.05) is 44.0 Å². The molecule has 4 rings (SSSR count). The summed E-state index contributed by atoms with van der Waals surface area (Å²) in [5, 5.41) is 0.505. The zero-order valence-corrected chi connectivity index (χ0v) is 16.8. The smallest absolute Gasteiger partial charge is 0.290 e. The summed E-state index contributed by atoms with van der Waals surface area (Å²) in [5.74, 6) is 0.728. The summed E-state index contributed by atoms with van der Waals surface area (Å²) in [6.45, 7) is 5.24. The molecule has 150 valence electrons. The molecular weight excluding hydrogens is 366 g/mol. The van der Waals surface area contributed by atoms with E-state index in [1.807, 2.05) is 37.3 Å². The van der Waals surface area contributed by atoms with Crippen LogP contribution in [0.3, 0.4) is 0 Å².